The van der Waals surface area contributed by atoms with Crippen molar-refractivity contribution in [2.75, 3.05) is 39.5 Å². The molecule has 2 N–H and O–H groups in total. The van der Waals surface area contributed by atoms with Crippen molar-refractivity contribution in [3.63, 3.8) is 0 Å². The van der Waals surface area contributed by atoms with Crippen molar-refractivity contribution in [1.82, 2.24) is 14.8 Å². The summed E-state index contributed by atoms with van der Waals surface area (Å²) >= 11 is 0. The van der Waals surface area contributed by atoms with Gasteiger partial charge in [0.15, 0.2) is 5.58 Å². The minimum atomic E-state index is 0.724. The van der Waals surface area contributed by atoms with Gasteiger partial charge < -0.3 is 15.1 Å². The van der Waals surface area contributed by atoms with Gasteiger partial charge >= 0.3 is 0 Å². The molecule has 1 fully saturated rings. The van der Waals surface area contributed by atoms with E-state index in [9.17, 15) is 0 Å². The number of hydrogen-bond donors (Lipinski definition) is 1. The Kier molecular flexibility index (Phi) is 4.12. The molecule has 0 atom stereocenters. The van der Waals surface area contributed by atoms with E-state index >= 15 is 0 Å². The summed E-state index contributed by atoms with van der Waals surface area (Å²) in [5, 5.41) is 0. The molecular weight excluding hydrogens is 264 g/mol. The fraction of sp³-hybridized carbons (Fsp3) is 0.562. The van der Waals surface area contributed by atoms with Crippen LogP contribution in [-0.2, 0) is 6.54 Å². The summed E-state index contributed by atoms with van der Waals surface area (Å²) in [7, 11) is 4.34. The largest absolute Gasteiger partial charge is 0.439 e. The van der Waals surface area contributed by atoms with Crippen LogP contribution in [-0.4, -0.2) is 48.5 Å². The summed E-state index contributed by atoms with van der Waals surface area (Å²) in [5.41, 5.74) is 8.15. The summed E-state index contributed by atoms with van der Waals surface area (Å²) in [6.45, 7) is 4.27. The number of anilines is 1. The van der Waals surface area contributed by atoms with Gasteiger partial charge in [-0.25, -0.2) is 4.98 Å². The molecule has 1 aromatic heterocycles. The quantitative estimate of drug-likeness (QED) is 0.874. The van der Waals surface area contributed by atoms with Crippen LogP contribution in [0.3, 0.4) is 0 Å². The maximum atomic E-state index is 5.78. The molecule has 1 aliphatic heterocycles. The number of likely N-dealkylation sites (tertiary alicyclic amines) is 1. The summed E-state index contributed by atoms with van der Waals surface area (Å²) in [6, 6.07) is 5.59. The first kappa shape index (κ1) is 14.4. The lowest BCUT2D eigenvalue weighted by atomic mass is 9.97. The third-order valence-electron chi connectivity index (χ3n) is 4.27. The van der Waals surface area contributed by atoms with Gasteiger partial charge in [-0.05, 0) is 64.1 Å². The van der Waals surface area contributed by atoms with E-state index in [0.717, 1.165) is 41.7 Å². The standard InChI is InChI=1S/C16H24N4O/c1-19-7-5-12(6-8-19)10-20(2)11-16-18-14-9-13(17)3-4-15(14)21-16/h3-4,9,12H,5-8,10-11,17H2,1-2H3. The van der Waals surface area contributed by atoms with Gasteiger partial charge in [-0.3, -0.25) is 4.90 Å². The number of nitrogen functional groups attached to an aromatic ring is 1. The van der Waals surface area contributed by atoms with Crippen LogP contribution in [0.2, 0.25) is 0 Å². The van der Waals surface area contributed by atoms with Crippen LogP contribution in [0, 0.1) is 5.92 Å². The molecule has 0 aliphatic carbocycles. The highest BCUT2D eigenvalue weighted by Gasteiger charge is 2.19. The zero-order valence-electron chi connectivity index (χ0n) is 12.9. The molecule has 0 saturated carbocycles. The predicted molar refractivity (Wildman–Crippen MR) is 85.0 cm³/mol. The number of rotatable bonds is 4. The zero-order valence-corrected chi connectivity index (χ0v) is 12.9. The van der Waals surface area contributed by atoms with Gasteiger partial charge in [0.25, 0.3) is 0 Å². The molecule has 5 heteroatoms. The summed E-state index contributed by atoms with van der Waals surface area (Å²) in [5.74, 6) is 1.55. The molecule has 0 unspecified atom stereocenters. The van der Waals surface area contributed by atoms with Crippen molar-refractivity contribution >= 4 is 16.8 Å². The number of oxazole rings is 1. The van der Waals surface area contributed by atoms with Crippen molar-refractivity contribution in [3.8, 4) is 0 Å². The van der Waals surface area contributed by atoms with Crippen molar-refractivity contribution in [2.24, 2.45) is 5.92 Å². The molecule has 5 nitrogen and oxygen atoms in total. The number of hydrogen-bond acceptors (Lipinski definition) is 5. The fourth-order valence-corrected chi connectivity index (χ4v) is 3.04. The van der Waals surface area contributed by atoms with Crippen molar-refractivity contribution in [1.29, 1.82) is 0 Å². The van der Waals surface area contributed by atoms with Gasteiger partial charge in [0.1, 0.15) is 5.52 Å². The number of aromatic nitrogens is 1. The Labute approximate surface area is 125 Å². The summed E-state index contributed by atoms with van der Waals surface area (Å²) < 4.78 is 5.78. The van der Waals surface area contributed by atoms with E-state index in [0.29, 0.717) is 0 Å². The number of piperidine rings is 1. The normalized spacial score (nSPS) is 17.9. The number of nitrogens with zero attached hydrogens (tertiary/aromatic N) is 3. The van der Waals surface area contributed by atoms with E-state index in [1.165, 1.54) is 25.9 Å². The van der Waals surface area contributed by atoms with E-state index in [-0.39, 0.29) is 0 Å². The van der Waals surface area contributed by atoms with E-state index in [1.807, 2.05) is 18.2 Å². The monoisotopic (exact) mass is 288 g/mol. The molecule has 21 heavy (non-hydrogen) atoms. The lowest BCUT2D eigenvalue weighted by Gasteiger charge is -2.31. The Morgan fingerprint density at radius 1 is 1.38 bits per heavy atom. The first-order valence-electron chi connectivity index (χ1n) is 7.62. The van der Waals surface area contributed by atoms with Crippen LogP contribution in [0.4, 0.5) is 5.69 Å². The maximum Gasteiger partial charge on any atom is 0.209 e. The molecule has 2 heterocycles. The Hall–Kier alpha value is -1.59. The number of fused-ring (bicyclic) bond motifs is 1. The average Bonchev–Trinajstić information content (AvgIpc) is 2.82. The second kappa shape index (κ2) is 6.03. The predicted octanol–water partition coefficient (Wildman–Crippen LogP) is 2.18. The van der Waals surface area contributed by atoms with Gasteiger partial charge in [0.05, 0.1) is 6.54 Å². The van der Waals surface area contributed by atoms with E-state index in [2.05, 4.69) is 28.9 Å². The van der Waals surface area contributed by atoms with Gasteiger partial charge in [-0.1, -0.05) is 0 Å². The minimum Gasteiger partial charge on any atom is -0.439 e. The first-order chi connectivity index (χ1) is 10.1. The van der Waals surface area contributed by atoms with Gasteiger partial charge in [-0.2, -0.15) is 0 Å². The van der Waals surface area contributed by atoms with Crippen LogP contribution < -0.4 is 5.73 Å². The molecule has 1 aliphatic rings. The second-order valence-electron chi connectivity index (χ2n) is 6.28. The van der Waals surface area contributed by atoms with Crippen LogP contribution in [0.15, 0.2) is 22.6 Å². The highest BCUT2D eigenvalue weighted by Crippen LogP contribution is 2.21. The fourth-order valence-electron chi connectivity index (χ4n) is 3.04. The lowest BCUT2D eigenvalue weighted by molar-refractivity contribution is 0.168. The topological polar surface area (TPSA) is 58.5 Å². The Bertz CT molecular complexity index is 601. The molecule has 114 valence electrons. The lowest BCUT2D eigenvalue weighted by Crippen LogP contribution is -2.35. The maximum absolute atomic E-state index is 5.78. The van der Waals surface area contributed by atoms with E-state index < -0.39 is 0 Å². The van der Waals surface area contributed by atoms with Crippen LogP contribution in [0.1, 0.15) is 18.7 Å². The molecule has 1 aromatic carbocycles. The molecule has 0 amide bonds. The Morgan fingerprint density at radius 2 is 2.14 bits per heavy atom. The molecule has 2 aromatic rings. The van der Waals surface area contributed by atoms with Gasteiger partial charge in [0, 0.05) is 12.2 Å². The Morgan fingerprint density at radius 3 is 2.90 bits per heavy atom. The van der Waals surface area contributed by atoms with Crippen LogP contribution in [0.5, 0.6) is 0 Å². The molecule has 0 radical (unpaired) electrons. The van der Waals surface area contributed by atoms with Crippen LogP contribution in [0.25, 0.3) is 11.1 Å². The third-order valence-corrected chi connectivity index (χ3v) is 4.27. The number of benzene rings is 1. The van der Waals surface area contributed by atoms with Gasteiger partial charge in [-0.15, -0.1) is 0 Å². The van der Waals surface area contributed by atoms with Gasteiger partial charge in [0.2, 0.25) is 5.89 Å². The second-order valence-corrected chi connectivity index (χ2v) is 6.28. The van der Waals surface area contributed by atoms with E-state index in [4.69, 9.17) is 10.2 Å². The number of nitrogens with two attached hydrogens (primary N) is 1. The SMILES string of the molecule is CN1CCC(CN(C)Cc2nc3cc(N)ccc3o2)CC1. The molecule has 0 bridgehead atoms. The highest BCUT2D eigenvalue weighted by molar-refractivity contribution is 5.76. The average molecular weight is 288 g/mol. The summed E-state index contributed by atoms with van der Waals surface area (Å²) in [6.07, 6.45) is 2.57. The highest BCUT2D eigenvalue weighted by atomic mass is 16.3. The van der Waals surface area contributed by atoms with E-state index in [1.54, 1.807) is 0 Å². The zero-order chi connectivity index (χ0) is 14.8. The molecule has 0 spiro atoms. The molecular formula is C16H24N4O. The Balaban J connectivity index is 1.59. The molecule has 1 saturated heterocycles. The minimum absolute atomic E-state index is 0.724. The third kappa shape index (κ3) is 3.54. The van der Waals surface area contributed by atoms with Crippen LogP contribution >= 0.6 is 0 Å². The first-order valence-corrected chi connectivity index (χ1v) is 7.62. The molecule has 3 rings (SSSR count). The van der Waals surface area contributed by atoms with Crippen molar-refractivity contribution < 1.29 is 4.42 Å². The van der Waals surface area contributed by atoms with Crippen molar-refractivity contribution in [2.45, 2.75) is 19.4 Å². The van der Waals surface area contributed by atoms with Crippen molar-refractivity contribution in [3.05, 3.63) is 24.1 Å². The summed E-state index contributed by atoms with van der Waals surface area (Å²) in [4.78, 5) is 9.24. The smallest absolute Gasteiger partial charge is 0.209 e.